The average molecular weight is 280 g/mol. The molecule has 0 amide bonds. The van der Waals surface area contributed by atoms with Gasteiger partial charge in [-0.15, -0.1) is 0 Å². The Kier molecular flexibility index (Phi) is 5.74. The van der Waals surface area contributed by atoms with E-state index < -0.39 is 18.0 Å². The van der Waals surface area contributed by atoms with E-state index in [1.807, 2.05) is 0 Å². The highest BCUT2D eigenvalue weighted by atomic mass is 16.6. The summed E-state index contributed by atoms with van der Waals surface area (Å²) in [6.07, 6.45) is -1.13. The molecule has 1 aromatic carbocycles. The zero-order chi connectivity index (χ0) is 15.1. The number of benzene rings is 1. The summed E-state index contributed by atoms with van der Waals surface area (Å²) in [6, 6.07) is 5.63. The normalized spacial score (nSPS) is 11.5. The number of aliphatic hydroxyl groups is 1. The van der Waals surface area contributed by atoms with Crippen LogP contribution in [0.25, 0.3) is 0 Å². The smallest absolute Gasteiger partial charge is 0.338 e. The quantitative estimate of drug-likeness (QED) is 0.597. The molecule has 6 heteroatoms. The molecule has 0 saturated heterocycles. The number of carbonyl (C=O) groups is 2. The average Bonchev–Trinajstić information content (AvgIpc) is 2.41. The summed E-state index contributed by atoms with van der Waals surface area (Å²) in [5.41, 5.74) is 0.380. The first-order valence-corrected chi connectivity index (χ1v) is 5.87. The van der Waals surface area contributed by atoms with Gasteiger partial charge in [-0.2, -0.15) is 0 Å². The van der Waals surface area contributed by atoms with Gasteiger partial charge in [0, 0.05) is 5.57 Å². The number of aliphatic hydroxyl groups excluding tert-OH is 1. The molecule has 0 spiro atoms. The van der Waals surface area contributed by atoms with Crippen LogP contribution in [0.2, 0.25) is 0 Å². The van der Waals surface area contributed by atoms with Crippen molar-refractivity contribution in [3.05, 3.63) is 42.0 Å². The molecule has 6 nitrogen and oxygen atoms in total. The number of hydrogen-bond donors (Lipinski definition) is 2. The van der Waals surface area contributed by atoms with Gasteiger partial charge < -0.3 is 19.7 Å². The summed E-state index contributed by atoms with van der Waals surface area (Å²) >= 11 is 0. The molecule has 1 aromatic rings. The summed E-state index contributed by atoms with van der Waals surface area (Å²) < 4.78 is 9.53. The second-order valence-corrected chi connectivity index (χ2v) is 4.18. The van der Waals surface area contributed by atoms with Crippen molar-refractivity contribution in [2.45, 2.75) is 13.0 Å². The lowest BCUT2D eigenvalue weighted by Gasteiger charge is -2.12. The minimum absolute atomic E-state index is 0.0598. The fourth-order valence-corrected chi connectivity index (χ4v) is 1.23. The van der Waals surface area contributed by atoms with Gasteiger partial charge in [0.1, 0.15) is 25.1 Å². The van der Waals surface area contributed by atoms with E-state index >= 15 is 0 Å². The van der Waals surface area contributed by atoms with Gasteiger partial charge in [0.25, 0.3) is 0 Å². The molecule has 1 atom stereocenters. The number of aromatic hydroxyl groups is 1. The fourth-order valence-electron chi connectivity index (χ4n) is 1.23. The molecule has 0 aliphatic heterocycles. The van der Waals surface area contributed by atoms with Gasteiger partial charge in [-0.05, 0) is 25.1 Å². The third-order valence-corrected chi connectivity index (χ3v) is 2.24. The van der Waals surface area contributed by atoms with Gasteiger partial charge in [0.15, 0.2) is 0 Å². The number of rotatable bonds is 6. The summed E-state index contributed by atoms with van der Waals surface area (Å²) in [6.45, 7) is 4.26. The summed E-state index contributed by atoms with van der Waals surface area (Å²) in [4.78, 5) is 22.7. The topological polar surface area (TPSA) is 93.1 Å². The molecule has 1 rings (SSSR count). The standard InChI is InChI=1S/C14H16O6/c1-9(2)13(17)19-7-12(16)8-20-14(18)10-4-3-5-11(15)6-10/h3-6,12,15-16H,1,7-8H2,2H3. The number of ether oxygens (including phenoxy) is 2. The first-order chi connectivity index (χ1) is 9.40. The van der Waals surface area contributed by atoms with Gasteiger partial charge >= 0.3 is 11.9 Å². The van der Waals surface area contributed by atoms with Crippen LogP contribution in [-0.2, 0) is 14.3 Å². The van der Waals surface area contributed by atoms with Gasteiger partial charge in [-0.3, -0.25) is 0 Å². The maximum atomic E-state index is 11.6. The number of phenols is 1. The fraction of sp³-hybridized carbons (Fsp3) is 0.286. The van der Waals surface area contributed by atoms with Crippen LogP contribution in [0.15, 0.2) is 36.4 Å². The Morgan fingerprint density at radius 2 is 1.95 bits per heavy atom. The van der Waals surface area contributed by atoms with Crippen LogP contribution in [-0.4, -0.2) is 41.5 Å². The minimum Gasteiger partial charge on any atom is -0.508 e. The lowest BCUT2D eigenvalue weighted by molar-refractivity contribution is -0.142. The van der Waals surface area contributed by atoms with Crippen molar-refractivity contribution in [1.82, 2.24) is 0 Å². The molecule has 108 valence electrons. The molecule has 0 aromatic heterocycles. The first kappa shape index (κ1) is 15.7. The summed E-state index contributed by atoms with van der Waals surface area (Å²) in [7, 11) is 0. The van der Waals surface area contributed by atoms with Crippen LogP contribution in [0.4, 0.5) is 0 Å². The van der Waals surface area contributed by atoms with E-state index in [9.17, 15) is 19.8 Å². The molecular weight excluding hydrogens is 264 g/mol. The van der Waals surface area contributed by atoms with Gasteiger partial charge in [0.2, 0.25) is 0 Å². The van der Waals surface area contributed by atoms with E-state index in [0.717, 1.165) is 0 Å². The van der Waals surface area contributed by atoms with Gasteiger partial charge in [-0.1, -0.05) is 12.6 Å². The van der Waals surface area contributed by atoms with Crippen LogP contribution < -0.4 is 0 Å². The molecule has 20 heavy (non-hydrogen) atoms. The van der Waals surface area contributed by atoms with Crippen LogP contribution in [0.5, 0.6) is 5.75 Å². The van der Waals surface area contributed by atoms with Crippen molar-refractivity contribution in [2.24, 2.45) is 0 Å². The first-order valence-electron chi connectivity index (χ1n) is 5.87. The van der Waals surface area contributed by atoms with Crippen LogP contribution in [0.1, 0.15) is 17.3 Å². The third-order valence-electron chi connectivity index (χ3n) is 2.24. The maximum absolute atomic E-state index is 11.6. The van der Waals surface area contributed by atoms with Gasteiger partial charge in [0.05, 0.1) is 5.56 Å². The lowest BCUT2D eigenvalue weighted by Crippen LogP contribution is -2.25. The molecule has 1 unspecified atom stereocenters. The zero-order valence-corrected chi connectivity index (χ0v) is 11.0. The second-order valence-electron chi connectivity index (χ2n) is 4.18. The van der Waals surface area contributed by atoms with E-state index in [1.165, 1.54) is 31.2 Å². The van der Waals surface area contributed by atoms with Crippen LogP contribution in [0, 0.1) is 0 Å². The number of esters is 2. The Hall–Kier alpha value is -2.34. The second kappa shape index (κ2) is 7.30. The number of hydrogen-bond acceptors (Lipinski definition) is 6. The maximum Gasteiger partial charge on any atom is 0.338 e. The largest absolute Gasteiger partial charge is 0.508 e. The molecule has 0 aliphatic rings. The molecule has 0 fully saturated rings. The van der Waals surface area contributed by atoms with E-state index in [0.29, 0.717) is 0 Å². The molecule has 0 bridgehead atoms. The van der Waals surface area contributed by atoms with Crippen molar-refractivity contribution in [3.8, 4) is 5.75 Å². The SMILES string of the molecule is C=C(C)C(=O)OCC(O)COC(=O)c1cccc(O)c1. The zero-order valence-electron chi connectivity index (χ0n) is 11.0. The van der Waals surface area contributed by atoms with Crippen molar-refractivity contribution in [3.63, 3.8) is 0 Å². The molecule has 2 N–H and O–H groups in total. The Balaban J connectivity index is 2.37. The number of carbonyl (C=O) groups excluding carboxylic acids is 2. The van der Waals surface area contributed by atoms with Crippen molar-refractivity contribution in [2.75, 3.05) is 13.2 Å². The van der Waals surface area contributed by atoms with Crippen molar-refractivity contribution >= 4 is 11.9 Å². The lowest BCUT2D eigenvalue weighted by atomic mass is 10.2. The molecular formula is C14H16O6. The van der Waals surface area contributed by atoms with E-state index in [4.69, 9.17) is 9.47 Å². The van der Waals surface area contributed by atoms with E-state index in [1.54, 1.807) is 0 Å². The monoisotopic (exact) mass is 280 g/mol. The summed E-state index contributed by atoms with van der Waals surface area (Å²) in [5.74, 6) is -1.37. The third kappa shape index (κ3) is 5.11. The highest BCUT2D eigenvalue weighted by molar-refractivity contribution is 5.89. The van der Waals surface area contributed by atoms with Crippen LogP contribution >= 0.6 is 0 Å². The Morgan fingerprint density at radius 3 is 2.55 bits per heavy atom. The predicted octanol–water partition coefficient (Wildman–Crippen LogP) is 1.03. The molecule has 0 heterocycles. The molecule has 0 aliphatic carbocycles. The van der Waals surface area contributed by atoms with Crippen molar-refractivity contribution < 1.29 is 29.3 Å². The summed E-state index contributed by atoms with van der Waals surface area (Å²) in [5, 5.41) is 18.7. The minimum atomic E-state index is -1.13. The van der Waals surface area contributed by atoms with Gasteiger partial charge in [-0.25, -0.2) is 9.59 Å². The van der Waals surface area contributed by atoms with Crippen molar-refractivity contribution in [1.29, 1.82) is 0 Å². The molecule has 0 radical (unpaired) electrons. The van der Waals surface area contributed by atoms with Crippen LogP contribution in [0.3, 0.4) is 0 Å². The Bertz CT molecular complexity index is 508. The van der Waals surface area contributed by atoms with E-state index in [-0.39, 0.29) is 30.1 Å². The van der Waals surface area contributed by atoms with E-state index in [2.05, 4.69) is 6.58 Å². The molecule has 0 saturated carbocycles. The highest BCUT2D eigenvalue weighted by Crippen LogP contribution is 2.11. The number of phenolic OH excluding ortho intramolecular Hbond substituents is 1. The predicted molar refractivity (Wildman–Crippen MR) is 70.2 cm³/mol. The Labute approximate surface area is 116 Å². The highest BCUT2D eigenvalue weighted by Gasteiger charge is 2.13. The Morgan fingerprint density at radius 1 is 1.30 bits per heavy atom.